The summed E-state index contributed by atoms with van der Waals surface area (Å²) in [6, 6.07) is 9.63. The second-order valence-corrected chi connectivity index (χ2v) is 4.64. The van der Waals surface area contributed by atoms with Crippen molar-refractivity contribution in [2.24, 2.45) is 0 Å². The monoisotopic (exact) mass is 254 g/mol. The van der Waals surface area contributed by atoms with E-state index in [1.807, 2.05) is 13.8 Å². The summed E-state index contributed by atoms with van der Waals surface area (Å²) in [4.78, 5) is 0. The van der Waals surface area contributed by atoms with Crippen molar-refractivity contribution >= 4 is 5.57 Å². The minimum atomic E-state index is -0.661. The zero-order chi connectivity index (χ0) is 14.0. The van der Waals surface area contributed by atoms with Gasteiger partial charge < -0.3 is 4.74 Å². The van der Waals surface area contributed by atoms with Gasteiger partial charge in [-0.3, -0.25) is 0 Å². The summed E-state index contributed by atoms with van der Waals surface area (Å²) in [5.41, 5.74) is 0.888. The van der Waals surface area contributed by atoms with Crippen molar-refractivity contribution < 1.29 is 9.13 Å². The maximum absolute atomic E-state index is 12.9. The second kappa shape index (κ2) is 4.59. The van der Waals surface area contributed by atoms with Crippen molar-refractivity contribution in [1.82, 2.24) is 0 Å². The molecule has 0 unspecified atom stereocenters. The molecule has 4 heteroatoms. The number of benzene rings is 1. The van der Waals surface area contributed by atoms with Gasteiger partial charge in [-0.1, -0.05) is 12.1 Å². The number of halogens is 1. The van der Waals surface area contributed by atoms with Crippen LogP contribution >= 0.6 is 0 Å². The van der Waals surface area contributed by atoms with Crippen LogP contribution in [-0.2, 0) is 4.74 Å². The Balaban J connectivity index is 2.53. The molecule has 1 aromatic rings. The summed E-state index contributed by atoms with van der Waals surface area (Å²) < 4.78 is 18.6. The van der Waals surface area contributed by atoms with Crippen LogP contribution < -0.4 is 0 Å². The van der Waals surface area contributed by atoms with Crippen LogP contribution in [0.2, 0.25) is 0 Å². The first-order valence-corrected chi connectivity index (χ1v) is 5.69. The Labute approximate surface area is 110 Å². The fourth-order valence-electron chi connectivity index (χ4n) is 1.98. The third-order valence-electron chi connectivity index (χ3n) is 2.91. The van der Waals surface area contributed by atoms with Gasteiger partial charge in [0, 0.05) is 5.57 Å². The summed E-state index contributed by atoms with van der Waals surface area (Å²) in [7, 11) is 0. The van der Waals surface area contributed by atoms with Crippen molar-refractivity contribution in [1.29, 1.82) is 10.5 Å². The third-order valence-corrected chi connectivity index (χ3v) is 2.91. The Morgan fingerprint density at radius 1 is 1.16 bits per heavy atom. The zero-order valence-electron chi connectivity index (χ0n) is 10.6. The van der Waals surface area contributed by atoms with Gasteiger partial charge >= 0.3 is 0 Å². The van der Waals surface area contributed by atoms with Crippen LogP contribution in [-0.4, -0.2) is 5.60 Å². The average molecular weight is 254 g/mol. The molecular weight excluding hydrogens is 243 g/mol. The van der Waals surface area contributed by atoms with E-state index >= 15 is 0 Å². The Hall–Kier alpha value is -2.59. The zero-order valence-corrected chi connectivity index (χ0v) is 10.6. The van der Waals surface area contributed by atoms with Crippen molar-refractivity contribution in [3.8, 4) is 12.1 Å². The first-order chi connectivity index (χ1) is 8.97. The molecule has 2 rings (SSSR count). The van der Waals surface area contributed by atoms with Crippen LogP contribution in [0.5, 0.6) is 0 Å². The molecule has 1 heterocycles. The third kappa shape index (κ3) is 2.34. The maximum Gasteiger partial charge on any atom is 0.171 e. The molecule has 0 fully saturated rings. The summed E-state index contributed by atoms with van der Waals surface area (Å²) >= 11 is 0. The first kappa shape index (κ1) is 12.9. The highest BCUT2D eigenvalue weighted by molar-refractivity contribution is 5.77. The van der Waals surface area contributed by atoms with E-state index < -0.39 is 5.60 Å². The van der Waals surface area contributed by atoms with Crippen molar-refractivity contribution in [2.45, 2.75) is 19.4 Å². The maximum atomic E-state index is 12.9. The molecule has 1 aliphatic rings. The molecule has 0 atom stereocenters. The van der Waals surface area contributed by atoms with Gasteiger partial charge in [-0.15, -0.1) is 0 Å². The van der Waals surface area contributed by atoms with Crippen LogP contribution in [0.3, 0.4) is 0 Å². The molecule has 0 bridgehead atoms. The lowest BCUT2D eigenvalue weighted by molar-refractivity contribution is 0.110. The smallest absolute Gasteiger partial charge is 0.171 e. The molecule has 94 valence electrons. The predicted molar refractivity (Wildman–Crippen MR) is 67.8 cm³/mol. The highest BCUT2D eigenvalue weighted by Gasteiger charge is 2.34. The van der Waals surface area contributed by atoms with Gasteiger partial charge in [-0.25, -0.2) is 4.39 Å². The average Bonchev–Trinajstić information content (AvgIpc) is 2.68. The summed E-state index contributed by atoms with van der Waals surface area (Å²) in [5, 5.41) is 17.7. The number of rotatable bonds is 1. The number of nitriles is 2. The highest BCUT2D eigenvalue weighted by atomic mass is 19.1. The van der Waals surface area contributed by atoms with Gasteiger partial charge in [0.15, 0.2) is 5.57 Å². The van der Waals surface area contributed by atoms with E-state index in [9.17, 15) is 4.39 Å². The Morgan fingerprint density at radius 3 is 2.26 bits per heavy atom. The molecule has 0 saturated carbocycles. The molecule has 1 aliphatic heterocycles. The van der Waals surface area contributed by atoms with E-state index in [1.54, 1.807) is 30.3 Å². The van der Waals surface area contributed by atoms with Crippen molar-refractivity contribution in [2.75, 3.05) is 0 Å². The minimum Gasteiger partial charge on any atom is -0.481 e. The first-order valence-electron chi connectivity index (χ1n) is 5.69. The molecule has 0 saturated heterocycles. The summed E-state index contributed by atoms with van der Waals surface area (Å²) in [5.74, 6) is -0.0547. The van der Waals surface area contributed by atoms with Gasteiger partial charge in [-0.05, 0) is 37.6 Å². The second-order valence-electron chi connectivity index (χ2n) is 4.64. The Kier molecular flexibility index (Phi) is 3.10. The van der Waals surface area contributed by atoms with Crippen LogP contribution in [0.25, 0.3) is 5.57 Å². The lowest BCUT2D eigenvalue weighted by Crippen LogP contribution is -2.20. The molecule has 3 nitrogen and oxygen atoms in total. The lowest BCUT2D eigenvalue weighted by Gasteiger charge is -2.23. The van der Waals surface area contributed by atoms with Crippen LogP contribution in [0.15, 0.2) is 41.7 Å². The van der Waals surface area contributed by atoms with E-state index in [0.717, 1.165) is 11.1 Å². The molecule has 19 heavy (non-hydrogen) atoms. The molecule has 0 spiro atoms. The molecule has 0 radical (unpaired) electrons. The number of ether oxygens (including phenoxy) is 1. The number of nitrogens with zero attached hydrogens (tertiary/aromatic N) is 2. The molecular formula is C15H11FN2O. The standard InChI is InChI=1S/C15H11FN2O/c1-15(2)13(10-3-5-12(16)6-4-10)7-14(19-15)11(8-17)9-18/h3-7H,1-2H3. The van der Waals surface area contributed by atoms with Gasteiger partial charge in [0.1, 0.15) is 29.3 Å². The minimum absolute atomic E-state index is 0.0646. The fourth-order valence-corrected chi connectivity index (χ4v) is 1.98. The Bertz CT molecular complexity index is 639. The summed E-state index contributed by atoms with van der Waals surface area (Å²) in [6.07, 6.45) is 1.66. The lowest BCUT2D eigenvalue weighted by atomic mass is 9.92. The van der Waals surface area contributed by atoms with E-state index in [4.69, 9.17) is 15.3 Å². The van der Waals surface area contributed by atoms with Crippen LogP contribution in [0, 0.1) is 28.5 Å². The van der Waals surface area contributed by atoms with Crippen molar-refractivity contribution in [3.63, 3.8) is 0 Å². The molecule has 0 aliphatic carbocycles. The fraction of sp³-hybridized carbons (Fsp3) is 0.200. The van der Waals surface area contributed by atoms with E-state index in [1.165, 1.54) is 12.1 Å². The van der Waals surface area contributed by atoms with Crippen LogP contribution in [0.1, 0.15) is 19.4 Å². The highest BCUT2D eigenvalue weighted by Crippen LogP contribution is 2.39. The Morgan fingerprint density at radius 2 is 1.74 bits per heavy atom. The SMILES string of the molecule is CC1(C)OC(=C(C#N)C#N)C=C1c1ccc(F)cc1. The van der Waals surface area contributed by atoms with Gasteiger partial charge in [0.25, 0.3) is 0 Å². The largest absolute Gasteiger partial charge is 0.481 e. The molecule has 0 N–H and O–H groups in total. The molecule has 0 amide bonds. The molecule has 0 aromatic heterocycles. The number of allylic oxidation sites excluding steroid dienone is 2. The van der Waals surface area contributed by atoms with E-state index in [-0.39, 0.29) is 17.1 Å². The number of hydrogen-bond donors (Lipinski definition) is 0. The topological polar surface area (TPSA) is 56.8 Å². The van der Waals surface area contributed by atoms with Gasteiger partial charge in [0.2, 0.25) is 0 Å². The molecule has 1 aromatic carbocycles. The van der Waals surface area contributed by atoms with Gasteiger partial charge in [0.05, 0.1) is 0 Å². The quantitative estimate of drug-likeness (QED) is 0.722. The van der Waals surface area contributed by atoms with Gasteiger partial charge in [-0.2, -0.15) is 10.5 Å². The van der Waals surface area contributed by atoms with Crippen LogP contribution in [0.4, 0.5) is 4.39 Å². The van der Waals surface area contributed by atoms with E-state index in [0.29, 0.717) is 0 Å². The summed E-state index contributed by atoms with van der Waals surface area (Å²) in [6.45, 7) is 3.67. The van der Waals surface area contributed by atoms with Crippen molar-refractivity contribution in [3.05, 3.63) is 53.1 Å². The number of hydrogen-bond acceptors (Lipinski definition) is 3. The normalized spacial score (nSPS) is 16.1. The van der Waals surface area contributed by atoms with E-state index in [2.05, 4.69) is 0 Å². The predicted octanol–water partition coefficient (Wildman–Crippen LogP) is 3.32.